The minimum atomic E-state index is -0.581. The van der Waals surface area contributed by atoms with E-state index in [1.54, 1.807) is 18.2 Å². The lowest BCUT2D eigenvalue weighted by atomic mass is 10.1. The number of benzene rings is 2. The van der Waals surface area contributed by atoms with Crippen LogP contribution in [0.3, 0.4) is 0 Å². The van der Waals surface area contributed by atoms with E-state index in [9.17, 15) is 9.59 Å². The number of carbonyl (C=O) groups is 2. The van der Waals surface area contributed by atoms with Gasteiger partial charge in [-0.1, -0.05) is 31.2 Å². The van der Waals surface area contributed by atoms with E-state index in [0.717, 1.165) is 12.0 Å². The summed E-state index contributed by atoms with van der Waals surface area (Å²) < 4.78 is 16.0. The summed E-state index contributed by atoms with van der Waals surface area (Å²) in [6.07, 6.45) is 0.969. The lowest BCUT2D eigenvalue weighted by Crippen LogP contribution is -2.31. The molecule has 1 atom stereocenters. The maximum atomic E-state index is 12.2. The molecule has 0 saturated heterocycles. The van der Waals surface area contributed by atoms with Gasteiger partial charge in [-0.15, -0.1) is 0 Å². The number of fused-ring (bicyclic) bond motifs is 1. The highest BCUT2D eigenvalue weighted by Gasteiger charge is 2.17. The van der Waals surface area contributed by atoms with Crippen LogP contribution >= 0.6 is 0 Å². The summed E-state index contributed by atoms with van der Waals surface area (Å²) in [5.74, 6) is 0.165. The van der Waals surface area contributed by atoms with Gasteiger partial charge in [0, 0.05) is 0 Å². The first-order chi connectivity index (χ1) is 13.1. The fourth-order valence-corrected chi connectivity index (χ4v) is 2.79. The maximum Gasteiger partial charge on any atom is 0.338 e. The molecule has 2 aromatic carbocycles. The molecule has 2 aromatic rings. The Labute approximate surface area is 158 Å². The second kappa shape index (κ2) is 8.58. The highest BCUT2D eigenvalue weighted by atomic mass is 16.6. The maximum absolute atomic E-state index is 12.2. The molecule has 1 heterocycles. The molecule has 142 valence electrons. The van der Waals surface area contributed by atoms with Crippen LogP contribution in [0.1, 0.15) is 41.4 Å². The smallest absolute Gasteiger partial charge is 0.338 e. The standard InChI is InChI=1S/C21H23NO5/c1-3-15-4-6-16(7-5-15)14(2)22-20(23)13-27-21(24)17-8-9-18-19(12-17)26-11-10-25-18/h4-9,12,14H,3,10-11,13H2,1-2H3,(H,22,23)/t14-/m1/s1. The van der Waals surface area contributed by atoms with Crippen molar-refractivity contribution in [3.8, 4) is 11.5 Å². The molecule has 27 heavy (non-hydrogen) atoms. The summed E-state index contributed by atoms with van der Waals surface area (Å²) in [4.78, 5) is 24.2. The number of carbonyl (C=O) groups excluding carboxylic acids is 2. The van der Waals surface area contributed by atoms with Gasteiger partial charge in [-0.05, 0) is 42.7 Å². The normalized spacial score (nSPS) is 13.6. The molecule has 0 spiro atoms. The molecule has 6 heteroatoms. The third-order valence-electron chi connectivity index (χ3n) is 4.38. The van der Waals surface area contributed by atoms with Crippen LogP contribution in [-0.4, -0.2) is 31.7 Å². The van der Waals surface area contributed by atoms with Crippen molar-refractivity contribution in [1.29, 1.82) is 0 Å². The molecule has 1 N–H and O–H groups in total. The average molecular weight is 369 g/mol. The molecule has 1 aliphatic heterocycles. The van der Waals surface area contributed by atoms with Crippen molar-refractivity contribution in [2.45, 2.75) is 26.3 Å². The van der Waals surface area contributed by atoms with E-state index in [0.29, 0.717) is 30.3 Å². The number of ether oxygens (including phenoxy) is 3. The number of hydrogen-bond acceptors (Lipinski definition) is 5. The summed E-state index contributed by atoms with van der Waals surface area (Å²) in [5.41, 5.74) is 2.56. The van der Waals surface area contributed by atoms with Gasteiger partial charge in [0.2, 0.25) is 0 Å². The minimum absolute atomic E-state index is 0.170. The highest BCUT2D eigenvalue weighted by Crippen LogP contribution is 2.30. The number of esters is 1. The Morgan fingerprint density at radius 1 is 1.07 bits per heavy atom. The number of aryl methyl sites for hydroxylation is 1. The summed E-state index contributed by atoms with van der Waals surface area (Å²) in [7, 11) is 0. The lowest BCUT2D eigenvalue weighted by Gasteiger charge is -2.18. The Morgan fingerprint density at radius 3 is 2.48 bits per heavy atom. The van der Waals surface area contributed by atoms with Crippen molar-refractivity contribution >= 4 is 11.9 Å². The van der Waals surface area contributed by atoms with Crippen LogP contribution < -0.4 is 14.8 Å². The fraction of sp³-hybridized carbons (Fsp3) is 0.333. The summed E-state index contributed by atoms with van der Waals surface area (Å²) in [5, 5.41) is 2.83. The third kappa shape index (κ3) is 4.78. The van der Waals surface area contributed by atoms with Gasteiger partial charge in [-0.25, -0.2) is 4.79 Å². The SMILES string of the molecule is CCc1ccc([C@@H](C)NC(=O)COC(=O)c2ccc3c(c2)OCCO3)cc1. The van der Waals surface area contributed by atoms with Crippen molar-refractivity contribution in [2.75, 3.05) is 19.8 Å². The number of amides is 1. The van der Waals surface area contributed by atoms with Crippen molar-refractivity contribution < 1.29 is 23.8 Å². The third-order valence-corrected chi connectivity index (χ3v) is 4.38. The van der Waals surface area contributed by atoms with Crippen LogP contribution in [0.2, 0.25) is 0 Å². The molecule has 0 bridgehead atoms. The minimum Gasteiger partial charge on any atom is -0.486 e. The Balaban J connectivity index is 1.51. The Morgan fingerprint density at radius 2 is 1.78 bits per heavy atom. The van der Waals surface area contributed by atoms with Gasteiger partial charge >= 0.3 is 5.97 Å². The molecule has 0 aromatic heterocycles. The highest BCUT2D eigenvalue weighted by molar-refractivity contribution is 5.92. The molecule has 3 rings (SSSR count). The molecule has 0 saturated carbocycles. The topological polar surface area (TPSA) is 73.9 Å². The average Bonchev–Trinajstić information content (AvgIpc) is 2.71. The fourth-order valence-electron chi connectivity index (χ4n) is 2.79. The van der Waals surface area contributed by atoms with Gasteiger partial charge in [0.1, 0.15) is 13.2 Å². The number of nitrogens with one attached hydrogen (secondary N) is 1. The summed E-state index contributed by atoms with van der Waals surface area (Å²) >= 11 is 0. The van der Waals surface area contributed by atoms with Crippen molar-refractivity contribution in [2.24, 2.45) is 0 Å². The molecule has 1 amide bonds. The first kappa shape index (κ1) is 18.8. The van der Waals surface area contributed by atoms with Gasteiger partial charge in [0.05, 0.1) is 11.6 Å². The molecule has 6 nitrogen and oxygen atoms in total. The van der Waals surface area contributed by atoms with E-state index in [4.69, 9.17) is 14.2 Å². The molecule has 0 radical (unpaired) electrons. The van der Waals surface area contributed by atoms with E-state index in [-0.39, 0.29) is 18.6 Å². The second-order valence-electron chi connectivity index (χ2n) is 6.32. The van der Waals surface area contributed by atoms with E-state index in [1.165, 1.54) is 5.56 Å². The second-order valence-corrected chi connectivity index (χ2v) is 6.32. The van der Waals surface area contributed by atoms with Gasteiger partial charge in [-0.2, -0.15) is 0 Å². The molecular weight excluding hydrogens is 346 g/mol. The zero-order valence-corrected chi connectivity index (χ0v) is 15.5. The number of rotatable bonds is 6. The molecule has 0 fully saturated rings. The van der Waals surface area contributed by atoms with Gasteiger partial charge < -0.3 is 19.5 Å². The van der Waals surface area contributed by atoms with E-state index in [1.807, 2.05) is 31.2 Å². The molecule has 0 unspecified atom stereocenters. The van der Waals surface area contributed by atoms with E-state index >= 15 is 0 Å². The Kier molecular flexibility index (Phi) is 5.96. The quantitative estimate of drug-likeness (QED) is 0.792. The van der Waals surface area contributed by atoms with E-state index < -0.39 is 5.97 Å². The Bertz CT molecular complexity index is 816. The molecule has 0 aliphatic carbocycles. The predicted octanol–water partition coefficient (Wildman–Crippen LogP) is 3.05. The van der Waals surface area contributed by atoms with Crippen molar-refractivity contribution in [1.82, 2.24) is 5.32 Å². The van der Waals surface area contributed by atoms with Crippen LogP contribution in [0.4, 0.5) is 0 Å². The summed E-state index contributed by atoms with van der Waals surface area (Å²) in [6.45, 7) is 4.56. The zero-order chi connectivity index (χ0) is 19.2. The summed E-state index contributed by atoms with van der Waals surface area (Å²) in [6, 6.07) is 12.7. The first-order valence-corrected chi connectivity index (χ1v) is 9.01. The van der Waals surface area contributed by atoms with Gasteiger partial charge in [0.25, 0.3) is 5.91 Å². The number of hydrogen-bond donors (Lipinski definition) is 1. The van der Waals surface area contributed by atoms with Crippen LogP contribution in [0.5, 0.6) is 11.5 Å². The Hall–Kier alpha value is -3.02. The van der Waals surface area contributed by atoms with Crippen molar-refractivity contribution in [3.63, 3.8) is 0 Å². The lowest BCUT2D eigenvalue weighted by molar-refractivity contribution is -0.124. The van der Waals surface area contributed by atoms with Crippen molar-refractivity contribution in [3.05, 3.63) is 59.2 Å². The van der Waals surface area contributed by atoms with Gasteiger partial charge in [0.15, 0.2) is 18.1 Å². The van der Waals surface area contributed by atoms with Crippen LogP contribution in [0.25, 0.3) is 0 Å². The zero-order valence-electron chi connectivity index (χ0n) is 15.5. The monoisotopic (exact) mass is 369 g/mol. The van der Waals surface area contributed by atoms with Crippen LogP contribution in [0.15, 0.2) is 42.5 Å². The largest absolute Gasteiger partial charge is 0.486 e. The first-order valence-electron chi connectivity index (χ1n) is 9.01. The molecule has 1 aliphatic rings. The van der Waals surface area contributed by atoms with Crippen LogP contribution in [-0.2, 0) is 16.0 Å². The van der Waals surface area contributed by atoms with Gasteiger partial charge in [-0.3, -0.25) is 4.79 Å². The van der Waals surface area contributed by atoms with Crippen LogP contribution in [0, 0.1) is 0 Å². The molecular formula is C21H23NO5. The van der Waals surface area contributed by atoms with E-state index in [2.05, 4.69) is 12.2 Å². The predicted molar refractivity (Wildman–Crippen MR) is 100 cm³/mol.